The van der Waals surface area contributed by atoms with Gasteiger partial charge in [0.25, 0.3) is 0 Å². The summed E-state index contributed by atoms with van der Waals surface area (Å²) >= 11 is 0. The van der Waals surface area contributed by atoms with Crippen LogP contribution in [0.1, 0.15) is 34.5 Å². The summed E-state index contributed by atoms with van der Waals surface area (Å²) in [4.78, 5) is 27.1. The van der Waals surface area contributed by atoms with Gasteiger partial charge in [-0.05, 0) is 66.8 Å². The zero-order valence-corrected chi connectivity index (χ0v) is 16.3. The first-order valence-corrected chi connectivity index (χ1v) is 9.71. The van der Waals surface area contributed by atoms with Crippen LogP contribution in [0.2, 0.25) is 0 Å². The Balaban J connectivity index is 1.40. The van der Waals surface area contributed by atoms with Crippen LogP contribution in [0.15, 0.2) is 48.7 Å². The van der Waals surface area contributed by atoms with E-state index in [4.69, 9.17) is 14.6 Å². The number of fused-ring (bicyclic) bond motifs is 1. The fraction of sp³-hybridized carbons (Fsp3) is 0.217. The predicted molar refractivity (Wildman–Crippen MR) is 110 cm³/mol. The molecule has 1 saturated carbocycles. The summed E-state index contributed by atoms with van der Waals surface area (Å²) in [5.74, 6) is 0.301. The average Bonchev–Trinajstić information content (AvgIpc) is 3.17. The van der Waals surface area contributed by atoms with E-state index in [-0.39, 0.29) is 18.4 Å². The molecule has 0 spiro atoms. The quantitative estimate of drug-likeness (QED) is 0.595. The van der Waals surface area contributed by atoms with Gasteiger partial charge in [0.05, 0.1) is 5.41 Å². The summed E-state index contributed by atoms with van der Waals surface area (Å²) < 4.78 is 10.8. The molecule has 3 N–H and O–H groups in total. The Labute approximate surface area is 172 Å². The Morgan fingerprint density at radius 2 is 1.87 bits per heavy atom. The largest absolute Gasteiger partial charge is 0.477 e. The topological polar surface area (TPSA) is 101 Å². The Morgan fingerprint density at radius 1 is 1.07 bits per heavy atom. The second-order valence-electron chi connectivity index (χ2n) is 7.74. The van der Waals surface area contributed by atoms with Crippen molar-refractivity contribution in [1.29, 1.82) is 0 Å². The molecular formula is C23H20N2O5. The van der Waals surface area contributed by atoms with Crippen LogP contribution in [0.4, 0.5) is 5.69 Å². The van der Waals surface area contributed by atoms with Gasteiger partial charge < -0.3 is 24.9 Å². The number of ether oxygens (including phenoxy) is 2. The van der Waals surface area contributed by atoms with E-state index in [9.17, 15) is 9.59 Å². The number of aromatic nitrogens is 1. The number of rotatable bonds is 5. The molecule has 1 aliphatic heterocycles. The van der Waals surface area contributed by atoms with E-state index in [2.05, 4.69) is 10.3 Å². The summed E-state index contributed by atoms with van der Waals surface area (Å²) in [6, 6.07) is 12.9. The van der Waals surface area contributed by atoms with Crippen molar-refractivity contribution in [1.82, 2.24) is 4.98 Å². The number of carbonyl (C=O) groups excluding carboxylic acids is 1. The SMILES string of the molecule is Cc1ccc(NC(=O)C2(c3ccc4c(c3)OCO4)CC2)cc1-c1c[nH]c(C(=O)O)c1. The highest BCUT2D eigenvalue weighted by Crippen LogP contribution is 2.51. The number of nitrogens with one attached hydrogen (secondary N) is 2. The molecule has 1 aliphatic carbocycles. The van der Waals surface area contributed by atoms with Crippen LogP contribution in [0, 0.1) is 6.92 Å². The number of hydrogen-bond acceptors (Lipinski definition) is 4. The van der Waals surface area contributed by atoms with E-state index < -0.39 is 11.4 Å². The van der Waals surface area contributed by atoms with Crippen molar-refractivity contribution in [3.63, 3.8) is 0 Å². The summed E-state index contributed by atoms with van der Waals surface area (Å²) in [7, 11) is 0. The van der Waals surface area contributed by atoms with Crippen molar-refractivity contribution >= 4 is 17.6 Å². The monoisotopic (exact) mass is 404 g/mol. The van der Waals surface area contributed by atoms with Crippen LogP contribution >= 0.6 is 0 Å². The highest BCUT2D eigenvalue weighted by molar-refractivity contribution is 6.02. The summed E-state index contributed by atoms with van der Waals surface area (Å²) in [6.45, 7) is 2.15. The lowest BCUT2D eigenvalue weighted by molar-refractivity contribution is -0.118. The van der Waals surface area contributed by atoms with Crippen LogP contribution in [-0.2, 0) is 10.2 Å². The van der Waals surface area contributed by atoms with Crippen molar-refractivity contribution in [2.24, 2.45) is 0 Å². The maximum atomic E-state index is 13.2. The lowest BCUT2D eigenvalue weighted by Gasteiger charge is -2.17. The number of aryl methyl sites for hydroxylation is 1. The summed E-state index contributed by atoms with van der Waals surface area (Å²) in [5.41, 5.74) is 3.78. The van der Waals surface area contributed by atoms with Gasteiger partial charge in [-0.2, -0.15) is 0 Å². The minimum absolute atomic E-state index is 0.0588. The second kappa shape index (κ2) is 6.66. The number of carboxylic acid groups (broad SMARTS) is 1. The lowest BCUT2D eigenvalue weighted by atomic mass is 9.94. The van der Waals surface area contributed by atoms with Crippen molar-refractivity contribution in [2.75, 3.05) is 12.1 Å². The number of carboxylic acids is 1. The molecule has 152 valence electrons. The van der Waals surface area contributed by atoms with Gasteiger partial charge in [-0.1, -0.05) is 12.1 Å². The maximum Gasteiger partial charge on any atom is 0.352 e. The highest BCUT2D eigenvalue weighted by Gasteiger charge is 2.51. The molecule has 1 aromatic heterocycles. The van der Waals surface area contributed by atoms with Gasteiger partial charge in [0.1, 0.15) is 5.69 Å². The van der Waals surface area contributed by atoms with Crippen molar-refractivity contribution in [2.45, 2.75) is 25.2 Å². The van der Waals surface area contributed by atoms with E-state index in [1.165, 1.54) is 0 Å². The molecule has 2 aromatic carbocycles. The van der Waals surface area contributed by atoms with Crippen LogP contribution in [0.25, 0.3) is 11.1 Å². The molecule has 3 aromatic rings. The minimum Gasteiger partial charge on any atom is -0.477 e. The van der Waals surface area contributed by atoms with E-state index in [0.717, 1.165) is 35.1 Å². The van der Waals surface area contributed by atoms with E-state index >= 15 is 0 Å². The first kappa shape index (κ1) is 18.3. The fourth-order valence-electron chi connectivity index (χ4n) is 3.90. The molecule has 0 atom stereocenters. The molecule has 2 heterocycles. The van der Waals surface area contributed by atoms with Gasteiger partial charge in [0, 0.05) is 17.4 Å². The number of aromatic amines is 1. The number of amides is 1. The molecule has 0 bridgehead atoms. The highest BCUT2D eigenvalue weighted by atomic mass is 16.7. The minimum atomic E-state index is -1.01. The molecule has 1 fully saturated rings. The third-order valence-electron chi connectivity index (χ3n) is 5.83. The van der Waals surface area contributed by atoms with Crippen LogP contribution in [0.5, 0.6) is 11.5 Å². The van der Waals surface area contributed by atoms with Gasteiger partial charge in [-0.15, -0.1) is 0 Å². The van der Waals surface area contributed by atoms with E-state index in [1.54, 1.807) is 12.3 Å². The van der Waals surface area contributed by atoms with E-state index in [0.29, 0.717) is 17.2 Å². The van der Waals surface area contributed by atoms with Crippen LogP contribution in [-0.4, -0.2) is 28.8 Å². The van der Waals surface area contributed by atoms with Crippen molar-refractivity contribution in [3.05, 3.63) is 65.5 Å². The standard InChI is InChI=1S/C23H20N2O5/c1-13-2-4-16(10-17(13)14-8-18(21(26)27)24-11-14)25-22(28)23(6-7-23)15-3-5-19-20(9-15)30-12-29-19/h2-5,8-11,24H,6-7,12H2,1H3,(H,25,28)(H,26,27). The number of H-pyrrole nitrogens is 1. The van der Waals surface area contributed by atoms with Crippen LogP contribution in [0.3, 0.4) is 0 Å². The van der Waals surface area contributed by atoms with Gasteiger partial charge in [-0.25, -0.2) is 4.79 Å². The molecule has 7 nitrogen and oxygen atoms in total. The molecule has 1 amide bonds. The number of benzene rings is 2. The maximum absolute atomic E-state index is 13.2. The number of anilines is 1. The lowest BCUT2D eigenvalue weighted by Crippen LogP contribution is -2.27. The molecule has 0 saturated heterocycles. The molecule has 7 heteroatoms. The van der Waals surface area contributed by atoms with Crippen molar-refractivity contribution < 1.29 is 24.2 Å². The third kappa shape index (κ3) is 2.99. The number of hydrogen-bond donors (Lipinski definition) is 3. The third-order valence-corrected chi connectivity index (χ3v) is 5.83. The Hall–Kier alpha value is -3.74. The molecule has 0 radical (unpaired) electrons. The van der Waals surface area contributed by atoms with Gasteiger partial charge in [0.15, 0.2) is 11.5 Å². The second-order valence-corrected chi connectivity index (χ2v) is 7.74. The first-order chi connectivity index (χ1) is 14.5. The Kier molecular flexibility index (Phi) is 4.06. The zero-order valence-electron chi connectivity index (χ0n) is 16.3. The average molecular weight is 404 g/mol. The fourth-order valence-corrected chi connectivity index (χ4v) is 3.90. The zero-order chi connectivity index (χ0) is 20.9. The smallest absolute Gasteiger partial charge is 0.352 e. The van der Waals surface area contributed by atoms with E-state index in [1.807, 2.05) is 43.3 Å². The summed E-state index contributed by atoms with van der Waals surface area (Å²) in [6.07, 6.45) is 3.21. The van der Waals surface area contributed by atoms with Gasteiger partial charge in [-0.3, -0.25) is 4.79 Å². The molecule has 5 rings (SSSR count). The molecule has 2 aliphatic rings. The summed E-state index contributed by atoms with van der Waals surface area (Å²) in [5, 5.41) is 12.2. The predicted octanol–water partition coefficient (Wildman–Crippen LogP) is 4.09. The number of carbonyl (C=O) groups is 2. The van der Waals surface area contributed by atoms with Gasteiger partial charge in [0.2, 0.25) is 12.7 Å². The van der Waals surface area contributed by atoms with Gasteiger partial charge >= 0.3 is 5.97 Å². The Morgan fingerprint density at radius 3 is 2.60 bits per heavy atom. The molecule has 0 unspecified atom stereocenters. The van der Waals surface area contributed by atoms with Crippen molar-refractivity contribution in [3.8, 4) is 22.6 Å². The number of aromatic carboxylic acids is 1. The molecular weight excluding hydrogens is 384 g/mol. The normalized spacial score (nSPS) is 15.6. The Bertz CT molecular complexity index is 1180. The first-order valence-electron chi connectivity index (χ1n) is 9.71. The molecule has 30 heavy (non-hydrogen) atoms. The van der Waals surface area contributed by atoms with Crippen LogP contribution < -0.4 is 14.8 Å².